The number of benzene rings is 1. The molecule has 1 aliphatic carbocycles. The summed E-state index contributed by atoms with van der Waals surface area (Å²) in [5.74, 6) is -1.05. The number of amides is 1. The molecule has 0 bridgehead atoms. The normalized spacial score (nSPS) is 16.4. The molecule has 0 radical (unpaired) electrons. The van der Waals surface area contributed by atoms with E-state index in [1.54, 1.807) is 24.1 Å². The summed E-state index contributed by atoms with van der Waals surface area (Å²) in [6.07, 6.45) is 3.42. The molecule has 1 aromatic rings. The Bertz CT molecular complexity index is 533. The minimum Gasteiger partial charge on any atom is -0.478 e. The maximum absolute atomic E-state index is 12.4. The van der Waals surface area contributed by atoms with Gasteiger partial charge in [0, 0.05) is 24.7 Å². The summed E-state index contributed by atoms with van der Waals surface area (Å²) in [5, 5.41) is 8.88. The first-order chi connectivity index (χ1) is 9.85. The van der Waals surface area contributed by atoms with Crippen LogP contribution in [0, 0.1) is 0 Å². The fraction of sp³-hybridized carbons (Fsp3) is 0.500. The van der Waals surface area contributed by atoms with Crippen molar-refractivity contribution in [2.75, 3.05) is 27.7 Å². The number of carboxylic acids is 1. The van der Waals surface area contributed by atoms with Gasteiger partial charge in [-0.1, -0.05) is 0 Å². The van der Waals surface area contributed by atoms with Gasteiger partial charge in [0.05, 0.1) is 5.56 Å². The number of carbonyl (C=O) groups excluding carboxylic acids is 1. The predicted octanol–water partition coefficient (Wildman–Crippen LogP) is 1.94. The van der Waals surface area contributed by atoms with E-state index in [0.29, 0.717) is 12.1 Å². The number of carbonyl (C=O) groups is 2. The van der Waals surface area contributed by atoms with Crippen molar-refractivity contribution in [3.63, 3.8) is 0 Å². The lowest BCUT2D eigenvalue weighted by atomic mass is 9.75. The number of aromatic carboxylic acids is 1. The van der Waals surface area contributed by atoms with E-state index >= 15 is 0 Å². The van der Waals surface area contributed by atoms with Crippen molar-refractivity contribution in [3.05, 3.63) is 35.4 Å². The molecular weight excluding hydrogens is 268 g/mol. The molecule has 5 nitrogen and oxygen atoms in total. The van der Waals surface area contributed by atoms with E-state index in [1.807, 2.05) is 0 Å². The first kappa shape index (κ1) is 15.5. The summed E-state index contributed by atoms with van der Waals surface area (Å²) in [7, 11) is 5.91. The Kier molecular flexibility index (Phi) is 4.32. The van der Waals surface area contributed by atoms with Crippen LogP contribution in [0.15, 0.2) is 24.3 Å². The van der Waals surface area contributed by atoms with Crippen molar-refractivity contribution >= 4 is 11.9 Å². The largest absolute Gasteiger partial charge is 0.478 e. The Balaban J connectivity index is 2.07. The second kappa shape index (κ2) is 5.85. The maximum Gasteiger partial charge on any atom is 0.335 e. The van der Waals surface area contributed by atoms with E-state index in [4.69, 9.17) is 5.11 Å². The van der Waals surface area contributed by atoms with E-state index < -0.39 is 5.97 Å². The monoisotopic (exact) mass is 290 g/mol. The average molecular weight is 290 g/mol. The number of rotatable bonds is 5. The first-order valence-corrected chi connectivity index (χ1v) is 7.12. The molecule has 0 unspecified atom stereocenters. The standard InChI is InChI=1S/C16H22N2O3/c1-17(2)16(9-4-10-16)11-18(3)14(19)12-5-7-13(8-6-12)15(20)21/h5-8H,4,9-11H2,1-3H3,(H,20,21). The Labute approximate surface area is 125 Å². The molecule has 114 valence electrons. The molecule has 0 atom stereocenters. The highest BCUT2D eigenvalue weighted by Gasteiger charge is 2.40. The smallest absolute Gasteiger partial charge is 0.335 e. The van der Waals surface area contributed by atoms with Gasteiger partial charge in [-0.15, -0.1) is 0 Å². The van der Waals surface area contributed by atoms with E-state index in [2.05, 4.69) is 19.0 Å². The van der Waals surface area contributed by atoms with Gasteiger partial charge in [-0.25, -0.2) is 4.79 Å². The Hall–Kier alpha value is -1.88. The number of nitrogens with zero attached hydrogens (tertiary/aromatic N) is 2. The van der Waals surface area contributed by atoms with E-state index in [1.165, 1.54) is 18.6 Å². The lowest BCUT2D eigenvalue weighted by Gasteiger charge is -2.49. The van der Waals surface area contributed by atoms with Crippen LogP contribution in [-0.2, 0) is 0 Å². The molecule has 1 aromatic carbocycles. The van der Waals surface area contributed by atoms with Crippen LogP contribution in [0.25, 0.3) is 0 Å². The Morgan fingerprint density at radius 2 is 1.62 bits per heavy atom. The van der Waals surface area contributed by atoms with E-state index in [-0.39, 0.29) is 17.0 Å². The van der Waals surface area contributed by atoms with Crippen LogP contribution in [0.3, 0.4) is 0 Å². The van der Waals surface area contributed by atoms with Crippen LogP contribution in [0.5, 0.6) is 0 Å². The van der Waals surface area contributed by atoms with Crippen LogP contribution >= 0.6 is 0 Å². The number of hydrogen-bond acceptors (Lipinski definition) is 3. The summed E-state index contributed by atoms with van der Waals surface area (Å²) in [6, 6.07) is 6.08. The Morgan fingerprint density at radius 1 is 1.10 bits per heavy atom. The van der Waals surface area contributed by atoms with Gasteiger partial charge in [0.1, 0.15) is 0 Å². The van der Waals surface area contributed by atoms with Crippen molar-refractivity contribution in [3.8, 4) is 0 Å². The third kappa shape index (κ3) is 3.08. The van der Waals surface area contributed by atoms with Crippen LogP contribution in [0.2, 0.25) is 0 Å². The molecule has 0 aromatic heterocycles. The van der Waals surface area contributed by atoms with Gasteiger partial charge in [0.2, 0.25) is 0 Å². The third-order valence-corrected chi connectivity index (χ3v) is 4.49. The lowest BCUT2D eigenvalue weighted by molar-refractivity contribution is 0.0252. The van der Waals surface area contributed by atoms with Crippen molar-refractivity contribution < 1.29 is 14.7 Å². The van der Waals surface area contributed by atoms with Crippen molar-refractivity contribution in [1.29, 1.82) is 0 Å². The molecule has 21 heavy (non-hydrogen) atoms. The minimum absolute atomic E-state index is 0.0694. The minimum atomic E-state index is -0.983. The van der Waals surface area contributed by atoms with Gasteiger partial charge in [-0.3, -0.25) is 4.79 Å². The van der Waals surface area contributed by atoms with Crippen molar-refractivity contribution in [1.82, 2.24) is 9.80 Å². The SMILES string of the molecule is CN(CC1(N(C)C)CCC1)C(=O)c1ccc(C(=O)O)cc1. The van der Waals surface area contributed by atoms with E-state index in [9.17, 15) is 9.59 Å². The van der Waals surface area contributed by atoms with Crippen LogP contribution in [-0.4, -0.2) is 60.0 Å². The predicted molar refractivity (Wildman–Crippen MR) is 80.6 cm³/mol. The fourth-order valence-electron chi connectivity index (χ4n) is 2.82. The molecule has 0 saturated heterocycles. The average Bonchev–Trinajstić information content (AvgIpc) is 2.41. The van der Waals surface area contributed by atoms with Crippen LogP contribution in [0.1, 0.15) is 40.0 Å². The molecule has 1 amide bonds. The maximum atomic E-state index is 12.4. The van der Waals surface area contributed by atoms with Crippen molar-refractivity contribution in [2.45, 2.75) is 24.8 Å². The van der Waals surface area contributed by atoms with Gasteiger partial charge in [-0.05, 0) is 57.6 Å². The summed E-state index contributed by atoms with van der Waals surface area (Å²) in [5.41, 5.74) is 0.805. The van der Waals surface area contributed by atoms with Gasteiger partial charge < -0.3 is 14.9 Å². The molecule has 1 N–H and O–H groups in total. The molecule has 1 aliphatic rings. The topological polar surface area (TPSA) is 60.9 Å². The highest BCUT2D eigenvalue weighted by molar-refractivity contribution is 5.95. The first-order valence-electron chi connectivity index (χ1n) is 7.12. The van der Waals surface area contributed by atoms with Gasteiger partial charge >= 0.3 is 5.97 Å². The third-order valence-electron chi connectivity index (χ3n) is 4.49. The molecule has 2 rings (SSSR count). The van der Waals surface area contributed by atoms with E-state index in [0.717, 1.165) is 12.8 Å². The molecule has 1 saturated carbocycles. The molecule has 1 fully saturated rings. The Morgan fingerprint density at radius 3 is 2.00 bits per heavy atom. The van der Waals surface area contributed by atoms with Gasteiger partial charge in [-0.2, -0.15) is 0 Å². The van der Waals surface area contributed by atoms with Crippen LogP contribution < -0.4 is 0 Å². The fourth-order valence-corrected chi connectivity index (χ4v) is 2.82. The summed E-state index contributed by atoms with van der Waals surface area (Å²) >= 11 is 0. The summed E-state index contributed by atoms with van der Waals surface area (Å²) in [6.45, 7) is 0.694. The second-order valence-corrected chi connectivity index (χ2v) is 6.02. The lowest BCUT2D eigenvalue weighted by Crippen LogP contribution is -2.57. The van der Waals surface area contributed by atoms with Gasteiger partial charge in [0.15, 0.2) is 0 Å². The highest BCUT2D eigenvalue weighted by Crippen LogP contribution is 2.36. The molecule has 0 heterocycles. The zero-order valence-corrected chi connectivity index (χ0v) is 12.8. The molecule has 5 heteroatoms. The number of carboxylic acid groups (broad SMARTS) is 1. The molecular formula is C16H22N2O3. The number of hydrogen-bond donors (Lipinski definition) is 1. The van der Waals surface area contributed by atoms with Crippen LogP contribution in [0.4, 0.5) is 0 Å². The highest BCUT2D eigenvalue weighted by atomic mass is 16.4. The van der Waals surface area contributed by atoms with Gasteiger partial charge in [0.25, 0.3) is 5.91 Å². The quantitative estimate of drug-likeness (QED) is 0.900. The summed E-state index contributed by atoms with van der Waals surface area (Å²) in [4.78, 5) is 27.2. The summed E-state index contributed by atoms with van der Waals surface area (Å²) < 4.78 is 0. The zero-order chi connectivity index (χ0) is 15.6. The second-order valence-electron chi connectivity index (χ2n) is 6.02. The molecule has 0 spiro atoms. The van der Waals surface area contributed by atoms with Crippen molar-refractivity contribution in [2.24, 2.45) is 0 Å². The molecule has 0 aliphatic heterocycles. The number of likely N-dealkylation sites (N-methyl/N-ethyl adjacent to an activating group) is 2. The zero-order valence-electron chi connectivity index (χ0n) is 12.8.